The van der Waals surface area contributed by atoms with Crippen molar-refractivity contribution in [2.45, 2.75) is 44.2 Å². The summed E-state index contributed by atoms with van der Waals surface area (Å²) >= 11 is 6.64. The minimum Gasteiger partial charge on any atom is -0.466 e. The molecule has 0 amide bonds. The number of esters is 1. The molecule has 2 atom stereocenters. The maximum absolute atomic E-state index is 13.4. The number of aromatic nitrogens is 7. The maximum atomic E-state index is 13.4. The quantitative estimate of drug-likeness (QED) is 0.110. The summed E-state index contributed by atoms with van der Waals surface area (Å²) in [6, 6.07) is 33.1. The molecule has 7 aromatic rings. The zero-order chi connectivity index (χ0) is 36.6. The minimum absolute atomic E-state index is 0.118. The minimum atomic E-state index is -0.875. The van der Waals surface area contributed by atoms with E-state index in [4.69, 9.17) is 36.3 Å². The summed E-state index contributed by atoms with van der Waals surface area (Å²) in [4.78, 5) is 37.9. The molecule has 10 rings (SSSR count). The number of halogens is 1. The molecule has 10 nitrogen and oxygen atoms in total. The highest BCUT2D eigenvalue weighted by Gasteiger charge is 2.48. The highest BCUT2D eigenvalue weighted by Crippen LogP contribution is 2.48. The van der Waals surface area contributed by atoms with Crippen LogP contribution in [-0.2, 0) is 15.1 Å². The lowest BCUT2D eigenvalue weighted by atomic mass is 9.61. The van der Waals surface area contributed by atoms with E-state index in [0.29, 0.717) is 46.7 Å². The van der Waals surface area contributed by atoms with Gasteiger partial charge in [0.05, 0.1) is 24.3 Å². The molecule has 0 spiro atoms. The van der Waals surface area contributed by atoms with Crippen molar-refractivity contribution >= 4 is 34.6 Å². The van der Waals surface area contributed by atoms with Crippen LogP contribution in [0.3, 0.4) is 0 Å². The molecule has 2 bridgehead atoms. The topological polar surface area (TPSA) is 113 Å². The Balaban J connectivity index is 1.28. The Bertz CT molecular complexity index is 2300. The summed E-state index contributed by atoms with van der Waals surface area (Å²) in [5.41, 5.74) is 4.07. The first-order valence-electron chi connectivity index (χ1n) is 18.6. The Labute approximate surface area is 318 Å². The molecule has 3 aromatic carbocycles. The standard InChI is InChI=1S/C43H39ClN8O2/c1-2-54-42(53)37-28-18-20-29(21-19-28)38(37)48-35-24-36(51-23-22-45-27-51)50-40(49-35)33-26-52(41-39(33)47-34(44)25-46-41)43(30-12-6-3-7-13-30,31-14-8-4-9-15-31)32-16-10-5-11-17-32/h3-17,22-29,37-38H,2,18-21H2,1H3,(H,48,49,50)/t28?,29?,37-,38-/m0/s1. The van der Waals surface area contributed by atoms with Gasteiger partial charge in [-0.3, -0.25) is 9.36 Å². The van der Waals surface area contributed by atoms with Crippen LogP contribution < -0.4 is 5.32 Å². The summed E-state index contributed by atoms with van der Waals surface area (Å²) in [7, 11) is 0. The number of fused-ring (bicyclic) bond motifs is 4. The molecule has 54 heavy (non-hydrogen) atoms. The molecule has 3 aliphatic rings. The molecule has 4 heterocycles. The number of rotatable bonds is 10. The molecule has 4 aromatic heterocycles. The van der Waals surface area contributed by atoms with Crippen molar-refractivity contribution in [2.75, 3.05) is 11.9 Å². The first kappa shape index (κ1) is 33.9. The van der Waals surface area contributed by atoms with Gasteiger partial charge in [-0.1, -0.05) is 103 Å². The molecule has 0 unspecified atom stereocenters. The van der Waals surface area contributed by atoms with Crippen LogP contribution in [0.5, 0.6) is 0 Å². The van der Waals surface area contributed by atoms with Crippen LogP contribution in [0.4, 0.5) is 5.82 Å². The second-order valence-corrected chi connectivity index (χ2v) is 14.5. The van der Waals surface area contributed by atoms with Gasteiger partial charge >= 0.3 is 5.97 Å². The van der Waals surface area contributed by atoms with Crippen molar-refractivity contribution in [3.63, 3.8) is 0 Å². The van der Waals surface area contributed by atoms with E-state index in [1.54, 1.807) is 18.7 Å². The van der Waals surface area contributed by atoms with E-state index in [-0.39, 0.29) is 29.0 Å². The Morgan fingerprint density at radius 3 is 2.09 bits per heavy atom. The largest absolute Gasteiger partial charge is 0.466 e. The van der Waals surface area contributed by atoms with Gasteiger partial charge in [0.15, 0.2) is 11.5 Å². The van der Waals surface area contributed by atoms with Crippen molar-refractivity contribution < 1.29 is 9.53 Å². The van der Waals surface area contributed by atoms with Crippen LogP contribution >= 0.6 is 11.6 Å². The fourth-order valence-electron chi connectivity index (χ4n) is 8.91. The maximum Gasteiger partial charge on any atom is 0.311 e. The molecular formula is C43H39ClN8O2. The summed E-state index contributed by atoms with van der Waals surface area (Å²) in [6.07, 6.45) is 13.1. The molecule has 0 radical (unpaired) electrons. The van der Waals surface area contributed by atoms with Gasteiger partial charge in [0, 0.05) is 30.7 Å². The van der Waals surface area contributed by atoms with E-state index in [9.17, 15) is 4.79 Å². The summed E-state index contributed by atoms with van der Waals surface area (Å²) in [5, 5.41) is 3.99. The van der Waals surface area contributed by atoms with E-state index in [2.05, 4.69) is 93.9 Å². The number of nitrogens with zero attached hydrogens (tertiary/aromatic N) is 7. The molecule has 1 N–H and O–H groups in total. The van der Waals surface area contributed by atoms with Crippen molar-refractivity contribution in [3.8, 4) is 17.2 Å². The van der Waals surface area contributed by atoms with Gasteiger partial charge in [-0.25, -0.2) is 24.9 Å². The average Bonchev–Trinajstić information content (AvgIpc) is 3.90. The zero-order valence-electron chi connectivity index (χ0n) is 29.8. The number of ether oxygens (including phenoxy) is 1. The van der Waals surface area contributed by atoms with Crippen molar-refractivity contribution in [2.24, 2.45) is 17.8 Å². The molecule has 3 aliphatic carbocycles. The lowest BCUT2D eigenvalue weighted by Crippen LogP contribution is -2.52. The van der Waals surface area contributed by atoms with Crippen molar-refractivity contribution in [1.82, 2.24) is 34.1 Å². The van der Waals surface area contributed by atoms with E-state index in [1.165, 1.54) is 0 Å². The first-order chi connectivity index (χ1) is 26.5. The third-order valence-electron chi connectivity index (χ3n) is 11.2. The van der Waals surface area contributed by atoms with Gasteiger partial charge in [-0.2, -0.15) is 0 Å². The van der Waals surface area contributed by atoms with E-state index in [0.717, 1.165) is 42.4 Å². The SMILES string of the molecule is CCOC(=O)[C@H]1C2CCC(CC2)[C@@H]1Nc1cc(-n2ccnc2)nc(-c2cn(C(c3ccccc3)(c3ccccc3)c3ccccc3)c3ncc(Cl)nc23)n1. The van der Waals surface area contributed by atoms with Gasteiger partial charge in [-0.15, -0.1) is 0 Å². The van der Waals surface area contributed by atoms with E-state index >= 15 is 0 Å². The Morgan fingerprint density at radius 2 is 1.50 bits per heavy atom. The van der Waals surface area contributed by atoms with Crippen molar-refractivity contribution in [1.29, 1.82) is 0 Å². The molecular weight excluding hydrogens is 696 g/mol. The molecule has 0 aliphatic heterocycles. The first-order valence-corrected chi connectivity index (χ1v) is 18.9. The second kappa shape index (κ2) is 14.2. The van der Waals surface area contributed by atoms with E-state index in [1.807, 2.05) is 42.0 Å². The molecule has 3 fully saturated rings. The fraction of sp³-hybridized carbons (Fsp3) is 0.256. The number of hydrogen-bond acceptors (Lipinski definition) is 8. The monoisotopic (exact) mass is 734 g/mol. The predicted octanol–water partition coefficient (Wildman–Crippen LogP) is 8.35. The Kier molecular flexibility index (Phi) is 8.90. The third kappa shape index (κ3) is 5.81. The second-order valence-electron chi connectivity index (χ2n) is 14.1. The number of imidazole rings is 1. The van der Waals surface area contributed by atoms with Crippen molar-refractivity contribution in [3.05, 3.63) is 150 Å². The molecule has 0 saturated heterocycles. The smallest absolute Gasteiger partial charge is 0.311 e. The fourth-order valence-corrected chi connectivity index (χ4v) is 9.04. The Morgan fingerprint density at radius 1 is 0.870 bits per heavy atom. The average molecular weight is 735 g/mol. The van der Waals surface area contributed by atoms with E-state index < -0.39 is 5.54 Å². The highest BCUT2D eigenvalue weighted by molar-refractivity contribution is 6.29. The zero-order valence-corrected chi connectivity index (χ0v) is 30.6. The van der Waals surface area contributed by atoms with Gasteiger partial charge in [-0.05, 0) is 61.1 Å². The van der Waals surface area contributed by atoms with Crippen LogP contribution in [0.25, 0.3) is 28.4 Å². The normalized spacial score (nSPS) is 19.5. The van der Waals surface area contributed by atoms with Crippen LogP contribution in [-0.4, -0.2) is 52.7 Å². The number of carbonyl (C=O) groups excluding carboxylic acids is 1. The number of hydrogen-bond donors (Lipinski definition) is 1. The van der Waals surface area contributed by atoms with Crippen LogP contribution in [0.1, 0.15) is 49.3 Å². The van der Waals surface area contributed by atoms with Crippen LogP contribution in [0, 0.1) is 17.8 Å². The molecule has 270 valence electrons. The van der Waals surface area contributed by atoms with Gasteiger partial charge in [0.2, 0.25) is 0 Å². The van der Waals surface area contributed by atoms with Gasteiger partial charge in [0.25, 0.3) is 0 Å². The third-order valence-corrected chi connectivity index (χ3v) is 11.4. The molecule has 3 saturated carbocycles. The van der Waals surface area contributed by atoms with Gasteiger partial charge < -0.3 is 14.6 Å². The number of anilines is 1. The Hall–Kier alpha value is -5.87. The summed E-state index contributed by atoms with van der Waals surface area (Å²) < 4.78 is 9.66. The lowest BCUT2D eigenvalue weighted by Gasteiger charge is -2.47. The highest BCUT2D eigenvalue weighted by atomic mass is 35.5. The number of benzene rings is 3. The summed E-state index contributed by atoms with van der Waals surface area (Å²) in [5.74, 6) is 1.87. The number of carbonyl (C=O) groups is 1. The lowest BCUT2D eigenvalue weighted by molar-refractivity contribution is -0.154. The number of nitrogens with one attached hydrogen (secondary N) is 1. The predicted molar refractivity (Wildman–Crippen MR) is 208 cm³/mol. The summed E-state index contributed by atoms with van der Waals surface area (Å²) in [6.45, 7) is 2.22. The van der Waals surface area contributed by atoms with Gasteiger partial charge in [0.1, 0.15) is 34.2 Å². The molecule has 11 heteroatoms. The van der Waals surface area contributed by atoms with Crippen LogP contribution in [0.2, 0.25) is 5.15 Å². The van der Waals surface area contributed by atoms with Crippen LogP contribution in [0.15, 0.2) is 128 Å².